The van der Waals surface area contributed by atoms with Crippen molar-refractivity contribution in [3.8, 4) is 16.9 Å². The average Bonchev–Trinajstić information content (AvgIpc) is 2.40. The smallest absolute Gasteiger partial charge is 0.131 e. The van der Waals surface area contributed by atoms with Crippen molar-refractivity contribution in [1.29, 1.82) is 0 Å². The van der Waals surface area contributed by atoms with Gasteiger partial charge in [0, 0.05) is 5.39 Å². The Balaban J connectivity index is 2.29. The molecule has 0 heterocycles. The van der Waals surface area contributed by atoms with Gasteiger partial charge in [0.15, 0.2) is 0 Å². The normalized spacial score (nSPS) is 10.7. The maximum Gasteiger partial charge on any atom is 0.131 e. The van der Waals surface area contributed by atoms with Crippen LogP contribution in [0.4, 0.5) is 4.39 Å². The second kappa shape index (κ2) is 4.15. The van der Waals surface area contributed by atoms with Gasteiger partial charge in [0.1, 0.15) is 11.6 Å². The molecule has 0 amide bonds. The molecular formula is C16H11FO. The van der Waals surface area contributed by atoms with E-state index in [1.54, 1.807) is 24.3 Å². The third-order valence-corrected chi connectivity index (χ3v) is 3.05. The summed E-state index contributed by atoms with van der Waals surface area (Å²) in [6.07, 6.45) is 0. The molecule has 0 unspecified atom stereocenters. The molecule has 0 aliphatic heterocycles. The molecule has 0 spiro atoms. The van der Waals surface area contributed by atoms with E-state index >= 15 is 0 Å². The Kier molecular flexibility index (Phi) is 2.49. The summed E-state index contributed by atoms with van der Waals surface area (Å²) in [4.78, 5) is 0. The van der Waals surface area contributed by atoms with Crippen LogP contribution in [0.2, 0.25) is 0 Å². The van der Waals surface area contributed by atoms with Gasteiger partial charge in [-0.1, -0.05) is 42.5 Å². The van der Waals surface area contributed by atoms with Gasteiger partial charge in [0.25, 0.3) is 0 Å². The van der Waals surface area contributed by atoms with E-state index in [0.717, 1.165) is 16.5 Å². The number of fused-ring (bicyclic) bond motifs is 1. The van der Waals surface area contributed by atoms with Gasteiger partial charge >= 0.3 is 0 Å². The van der Waals surface area contributed by atoms with Gasteiger partial charge in [0.05, 0.1) is 0 Å². The first-order chi connectivity index (χ1) is 8.75. The fourth-order valence-electron chi connectivity index (χ4n) is 2.16. The van der Waals surface area contributed by atoms with Crippen LogP contribution in [0.5, 0.6) is 5.75 Å². The van der Waals surface area contributed by atoms with Crippen LogP contribution in [0, 0.1) is 5.82 Å². The summed E-state index contributed by atoms with van der Waals surface area (Å²) >= 11 is 0. The zero-order valence-electron chi connectivity index (χ0n) is 9.60. The molecule has 0 aromatic heterocycles. The predicted molar refractivity (Wildman–Crippen MR) is 71.0 cm³/mol. The number of hydrogen-bond acceptors (Lipinski definition) is 1. The van der Waals surface area contributed by atoms with Crippen LogP contribution < -0.4 is 0 Å². The van der Waals surface area contributed by atoms with Crippen molar-refractivity contribution in [2.75, 3.05) is 0 Å². The third kappa shape index (κ3) is 1.72. The highest BCUT2D eigenvalue weighted by atomic mass is 19.1. The molecule has 0 bridgehead atoms. The molecule has 88 valence electrons. The first kappa shape index (κ1) is 10.8. The SMILES string of the molecule is Oc1ccc(-c2cccc3c(F)cccc23)cc1. The van der Waals surface area contributed by atoms with Gasteiger partial charge in [-0.3, -0.25) is 0 Å². The van der Waals surface area contributed by atoms with Crippen molar-refractivity contribution in [2.24, 2.45) is 0 Å². The molecule has 18 heavy (non-hydrogen) atoms. The molecular weight excluding hydrogens is 227 g/mol. The molecule has 3 aromatic rings. The Bertz CT molecular complexity index is 702. The molecule has 0 saturated carbocycles. The summed E-state index contributed by atoms with van der Waals surface area (Å²) in [6, 6.07) is 17.6. The van der Waals surface area contributed by atoms with E-state index in [4.69, 9.17) is 0 Å². The summed E-state index contributed by atoms with van der Waals surface area (Å²) < 4.78 is 13.7. The van der Waals surface area contributed by atoms with Crippen LogP contribution >= 0.6 is 0 Å². The number of phenolic OH excluding ortho intramolecular Hbond substituents is 1. The Morgan fingerprint density at radius 2 is 1.39 bits per heavy atom. The van der Waals surface area contributed by atoms with Crippen LogP contribution in [0.25, 0.3) is 21.9 Å². The minimum atomic E-state index is -0.215. The second-order valence-electron chi connectivity index (χ2n) is 4.19. The van der Waals surface area contributed by atoms with Crippen LogP contribution in [0.3, 0.4) is 0 Å². The van der Waals surface area contributed by atoms with Crippen LogP contribution in [-0.2, 0) is 0 Å². The lowest BCUT2D eigenvalue weighted by Gasteiger charge is -2.07. The largest absolute Gasteiger partial charge is 0.508 e. The topological polar surface area (TPSA) is 20.2 Å². The zero-order chi connectivity index (χ0) is 12.5. The highest BCUT2D eigenvalue weighted by Gasteiger charge is 2.06. The number of rotatable bonds is 1. The van der Waals surface area contributed by atoms with Gasteiger partial charge in [-0.2, -0.15) is 0 Å². The monoisotopic (exact) mass is 238 g/mol. The third-order valence-electron chi connectivity index (χ3n) is 3.05. The van der Waals surface area contributed by atoms with E-state index in [-0.39, 0.29) is 11.6 Å². The Hall–Kier alpha value is -2.35. The Morgan fingerprint density at radius 1 is 0.722 bits per heavy atom. The van der Waals surface area contributed by atoms with E-state index in [0.29, 0.717) is 5.39 Å². The van der Waals surface area contributed by atoms with Crippen molar-refractivity contribution < 1.29 is 9.50 Å². The van der Waals surface area contributed by atoms with Crippen molar-refractivity contribution in [1.82, 2.24) is 0 Å². The maximum absolute atomic E-state index is 13.7. The minimum absolute atomic E-state index is 0.215. The lowest BCUT2D eigenvalue weighted by molar-refractivity contribution is 0.475. The summed E-state index contributed by atoms with van der Waals surface area (Å²) in [6.45, 7) is 0. The number of hydrogen-bond donors (Lipinski definition) is 1. The molecule has 2 heteroatoms. The van der Waals surface area contributed by atoms with Gasteiger partial charge < -0.3 is 5.11 Å². The van der Waals surface area contributed by atoms with E-state index in [2.05, 4.69) is 0 Å². The maximum atomic E-state index is 13.7. The quantitative estimate of drug-likeness (QED) is 0.668. The molecule has 0 fully saturated rings. The van der Waals surface area contributed by atoms with Gasteiger partial charge in [0.2, 0.25) is 0 Å². The molecule has 0 atom stereocenters. The van der Waals surface area contributed by atoms with Crippen molar-refractivity contribution in [2.45, 2.75) is 0 Å². The van der Waals surface area contributed by atoms with Crippen LogP contribution in [-0.4, -0.2) is 5.11 Å². The highest BCUT2D eigenvalue weighted by molar-refractivity contribution is 5.96. The fourth-order valence-corrected chi connectivity index (χ4v) is 2.16. The van der Waals surface area contributed by atoms with Gasteiger partial charge in [-0.25, -0.2) is 4.39 Å². The van der Waals surface area contributed by atoms with E-state index < -0.39 is 0 Å². The molecule has 0 aliphatic rings. The molecule has 3 aromatic carbocycles. The number of halogens is 1. The Morgan fingerprint density at radius 3 is 2.17 bits per heavy atom. The standard InChI is InChI=1S/C16H11FO/c17-16-6-2-4-14-13(3-1-5-15(14)16)11-7-9-12(18)10-8-11/h1-10,18H. The molecule has 0 radical (unpaired) electrons. The molecule has 1 N–H and O–H groups in total. The van der Waals surface area contributed by atoms with Crippen molar-refractivity contribution in [3.05, 3.63) is 66.5 Å². The van der Waals surface area contributed by atoms with E-state index in [1.165, 1.54) is 6.07 Å². The Labute approximate surface area is 104 Å². The summed E-state index contributed by atoms with van der Waals surface area (Å²) in [5.74, 6) is 0.0123. The number of phenols is 1. The van der Waals surface area contributed by atoms with Gasteiger partial charge in [-0.05, 0) is 34.7 Å². The van der Waals surface area contributed by atoms with Crippen molar-refractivity contribution >= 4 is 10.8 Å². The molecule has 1 nitrogen and oxygen atoms in total. The molecule has 0 saturated heterocycles. The summed E-state index contributed by atoms with van der Waals surface area (Å²) in [5, 5.41) is 10.8. The molecule has 0 aliphatic carbocycles. The fraction of sp³-hybridized carbons (Fsp3) is 0. The molecule has 3 rings (SSSR count). The highest BCUT2D eigenvalue weighted by Crippen LogP contribution is 2.30. The summed E-state index contributed by atoms with van der Waals surface area (Å²) in [7, 11) is 0. The number of aromatic hydroxyl groups is 1. The lowest BCUT2D eigenvalue weighted by atomic mass is 9.98. The van der Waals surface area contributed by atoms with Crippen molar-refractivity contribution in [3.63, 3.8) is 0 Å². The average molecular weight is 238 g/mol. The van der Waals surface area contributed by atoms with Crippen LogP contribution in [0.15, 0.2) is 60.7 Å². The minimum Gasteiger partial charge on any atom is -0.508 e. The zero-order valence-corrected chi connectivity index (χ0v) is 9.60. The van der Waals surface area contributed by atoms with Gasteiger partial charge in [-0.15, -0.1) is 0 Å². The first-order valence-electron chi connectivity index (χ1n) is 5.72. The van der Waals surface area contributed by atoms with E-state index in [1.807, 2.05) is 30.3 Å². The second-order valence-corrected chi connectivity index (χ2v) is 4.19. The summed E-state index contributed by atoms with van der Waals surface area (Å²) in [5.41, 5.74) is 1.93. The van der Waals surface area contributed by atoms with E-state index in [9.17, 15) is 9.50 Å². The van der Waals surface area contributed by atoms with Crippen LogP contribution in [0.1, 0.15) is 0 Å². The lowest BCUT2D eigenvalue weighted by Crippen LogP contribution is -1.83. The number of benzene rings is 3. The predicted octanol–water partition coefficient (Wildman–Crippen LogP) is 4.35. The first-order valence-corrected chi connectivity index (χ1v) is 5.72.